The van der Waals surface area contributed by atoms with Crippen LogP contribution in [0.15, 0.2) is 84.9 Å². The van der Waals surface area contributed by atoms with Gasteiger partial charge in [0.25, 0.3) is 0 Å². The number of rotatable bonds is 8. The van der Waals surface area contributed by atoms with E-state index in [1.807, 2.05) is 36.4 Å². The number of aryl methyl sites for hydroxylation is 1. The largest absolute Gasteiger partial charge is 0.445 e. The van der Waals surface area contributed by atoms with Crippen LogP contribution < -0.4 is 5.32 Å². The molecule has 0 bridgehead atoms. The molecule has 0 atom stereocenters. The summed E-state index contributed by atoms with van der Waals surface area (Å²) in [6, 6.07) is 28.7. The molecule has 1 aliphatic carbocycles. The minimum absolute atomic E-state index is 0.138. The van der Waals surface area contributed by atoms with Crippen LogP contribution in [0.1, 0.15) is 47.9 Å². The fourth-order valence-electron chi connectivity index (χ4n) is 4.39. The average Bonchev–Trinajstić information content (AvgIpc) is 2.88. The summed E-state index contributed by atoms with van der Waals surface area (Å²) in [5, 5.41) is 3.01. The minimum Gasteiger partial charge on any atom is -0.445 e. The molecule has 3 aromatic carbocycles. The molecule has 176 valence electrons. The Bertz CT molecular complexity index is 1070. The number of ether oxygens (including phenoxy) is 2. The van der Waals surface area contributed by atoms with E-state index < -0.39 is 0 Å². The zero-order chi connectivity index (χ0) is 23.6. The normalized spacial score (nSPS) is 18.3. The Morgan fingerprint density at radius 3 is 2.24 bits per heavy atom. The molecule has 0 aromatic heterocycles. The Kier molecular flexibility index (Phi) is 8.53. The van der Waals surface area contributed by atoms with Gasteiger partial charge < -0.3 is 14.8 Å². The predicted molar refractivity (Wildman–Crippen MR) is 137 cm³/mol. The van der Waals surface area contributed by atoms with Crippen molar-refractivity contribution in [2.75, 3.05) is 6.61 Å². The molecular weight excluding hydrogens is 422 g/mol. The summed E-state index contributed by atoms with van der Waals surface area (Å²) in [6.45, 7) is 3.00. The minimum atomic E-state index is -0.346. The molecule has 1 amide bonds. The van der Waals surface area contributed by atoms with Crippen molar-refractivity contribution in [2.24, 2.45) is 0 Å². The van der Waals surface area contributed by atoms with Gasteiger partial charge in [0, 0.05) is 6.04 Å². The second kappa shape index (κ2) is 12.2. The van der Waals surface area contributed by atoms with E-state index >= 15 is 0 Å². The molecule has 0 unspecified atom stereocenters. The van der Waals surface area contributed by atoms with E-state index in [9.17, 15) is 4.79 Å². The van der Waals surface area contributed by atoms with Crippen molar-refractivity contribution in [1.82, 2.24) is 5.32 Å². The van der Waals surface area contributed by atoms with Gasteiger partial charge in [0.05, 0.1) is 12.7 Å². The SMILES string of the molecule is Cc1ccccc1C(=Cc1ccccc1)CO[C@H]1CC[C@H](NC(=O)OCc2ccccc2)CC1. The molecule has 1 N–H and O–H groups in total. The number of nitrogens with one attached hydrogen (secondary N) is 1. The van der Waals surface area contributed by atoms with E-state index in [0.29, 0.717) is 13.2 Å². The molecule has 1 aliphatic rings. The van der Waals surface area contributed by atoms with Crippen molar-refractivity contribution >= 4 is 17.7 Å². The first-order chi connectivity index (χ1) is 16.7. The summed E-state index contributed by atoms with van der Waals surface area (Å²) in [5.74, 6) is 0. The van der Waals surface area contributed by atoms with E-state index in [4.69, 9.17) is 9.47 Å². The second-order valence-corrected chi connectivity index (χ2v) is 8.89. The van der Waals surface area contributed by atoms with E-state index in [1.54, 1.807) is 0 Å². The van der Waals surface area contributed by atoms with Crippen LogP contribution >= 0.6 is 0 Å². The van der Waals surface area contributed by atoms with Crippen LogP contribution in [-0.4, -0.2) is 24.8 Å². The summed E-state index contributed by atoms with van der Waals surface area (Å²) in [7, 11) is 0. The van der Waals surface area contributed by atoms with Gasteiger partial charge in [-0.2, -0.15) is 0 Å². The number of hydrogen-bond donors (Lipinski definition) is 1. The number of amides is 1. The average molecular weight is 456 g/mol. The fraction of sp³-hybridized carbons (Fsp3) is 0.300. The van der Waals surface area contributed by atoms with Gasteiger partial charge in [-0.1, -0.05) is 84.9 Å². The van der Waals surface area contributed by atoms with Crippen LogP contribution in [0.3, 0.4) is 0 Å². The van der Waals surface area contributed by atoms with Crippen molar-refractivity contribution in [2.45, 2.75) is 51.4 Å². The number of hydrogen-bond acceptors (Lipinski definition) is 3. The standard InChI is InChI=1S/C30H33NO3/c1-23-10-8-9-15-29(23)26(20-24-11-4-2-5-12-24)22-33-28-18-16-27(17-19-28)31-30(32)34-21-25-13-6-3-7-14-25/h2-15,20,27-28H,16-19,21-22H2,1H3,(H,31,32)/t27-,28-. The van der Waals surface area contributed by atoms with Crippen LogP contribution in [0.4, 0.5) is 4.79 Å². The predicted octanol–water partition coefficient (Wildman–Crippen LogP) is 6.79. The first kappa shape index (κ1) is 23.8. The van der Waals surface area contributed by atoms with Gasteiger partial charge in [0.1, 0.15) is 6.61 Å². The zero-order valence-electron chi connectivity index (χ0n) is 19.8. The molecule has 0 saturated heterocycles. The van der Waals surface area contributed by atoms with Gasteiger partial charge in [0.15, 0.2) is 0 Å². The molecule has 0 spiro atoms. The Labute approximate surface area is 202 Å². The molecular formula is C30H33NO3. The molecule has 3 aromatic rings. The van der Waals surface area contributed by atoms with Crippen LogP contribution in [0.2, 0.25) is 0 Å². The molecule has 0 radical (unpaired) electrons. The first-order valence-electron chi connectivity index (χ1n) is 12.1. The first-order valence-corrected chi connectivity index (χ1v) is 12.1. The lowest BCUT2D eigenvalue weighted by molar-refractivity contribution is 0.0418. The smallest absolute Gasteiger partial charge is 0.407 e. The number of carbonyl (C=O) groups excluding carboxylic acids is 1. The van der Waals surface area contributed by atoms with Crippen LogP contribution in [0.5, 0.6) is 0 Å². The van der Waals surface area contributed by atoms with Crippen molar-refractivity contribution in [3.8, 4) is 0 Å². The van der Waals surface area contributed by atoms with Crippen LogP contribution in [0, 0.1) is 6.92 Å². The number of alkyl carbamates (subject to hydrolysis) is 1. The Morgan fingerprint density at radius 2 is 1.53 bits per heavy atom. The topological polar surface area (TPSA) is 47.6 Å². The molecule has 4 nitrogen and oxygen atoms in total. The van der Waals surface area contributed by atoms with E-state index in [-0.39, 0.29) is 18.2 Å². The van der Waals surface area contributed by atoms with E-state index in [2.05, 4.69) is 66.8 Å². The second-order valence-electron chi connectivity index (χ2n) is 8.89. The summed E-state index contributed by atoms with van der Waals surface area (Å²) in [6.07, 6.45) is 5.72. The maximum atomic E-state index is 12.2. The highest BCUT2D eigenvalue weighted by Crippen LogP contribution is 2.26. The van der Waals surface area contributed by atoms with Crippen LogP contribution in [0.25, 0.3) is 11.6 Å². The lowest BCUT2D eigenvalue weighted by atomic mass is 9.93. The molecule has 0 aliphatic heterocycles. The summed E-state index contributed by atoms with van der Waals surface area (Å²) in [4.78, 5) is 12.2. The third-order valence-electron chi connectivity index (χ3n) is 6.31. The van der Waals surface area contributed by atoms with Crippen LogP contribution in [-0.2, 0) is 16.1 Å². The highest BCUT2D eigenvalue weighted by molar-refractivity contribution is 5.83. The summed E-state index contributed by atoms with van der Waals surface area (Å²) >= 11 is 0. The van der Waals surface area contributed by atoms with Crippen molar-refractivity contribution in [3.63, 3.8) is 0 Å². The van der Waals surface area contributed by atoms with Crippen molar-refractivity contribution in [1.29, 1.82) is 0 Å². The summed E-state index contributed by atoms with van der Waals surface area (Å²) < 4.78 is 11.7. The quantitative estimate of drug-likeness (QED) is 0.380. The Balaban J connectivity index is 1.27. The monoisotopic (exact) mass is 455 g/mol. The molecule has 0 heterocycles. The number of carbonyl (C=O) groups is 1. The zero-order valence-corrected chi connectivity index (χ0v) is 19.8. The molecule has 34 heavy (non-hydrogen) atoms. The maximum Gasteiger partial charge on any atom is 0.407 e. The van der Waals surface area contributed by atoms with E-state index in [0.717, 1.165) is 31.2 Å². The van der Waals surface area contributed by atoms with Crippen molar-refractivity contribution in [3.05, 3.63) is 107 Å². The van der Waals surface area contributed by atoms with Gasteiger partial charge in [-0.3, -0.25) is 0 Å². The third kappa shape index (κ3) is 7.06. The van der Waals surface area contributed by atoms with Crippen molar-refractivity contribution < 1.29 is 14.3 Å². The van der Waals surface area contributed by atoms with Gasteiger partial charge in [-0.25, -0.2) is 4.79 Å². The Morgan fingerprint density at radius 1 is 0.882 bits per heavy atom. The van der Waals surface area contributed by atoms with Gasteiger partial charge in [0.2, 0.25) is 0 Å². The lowest BCUT2D eigenvalue weighted by Crippen LogP contribution is -2.39. The molecule has 4 heteroatoms. The molecule has 4 rings (SSSR count). The molecule has 1 fully saturated rings. The lowest BCUT2D eigenvalue weighted by Gasteiger charge is -2.29. The highest BCUT2D eigenvalue weighted by Gasteiger charge is 2.24. The van der Waals surface area contributed by atoms with E-state index in [1.165, 1.54) is 22.3 Å². The molecule has 1 saturated carbocycles. The third-order valence-corrected chi connectivity index (χ3v) is 6.31. The number of benzene rings is 3. The fourth-order valence-corrected chi connectivity index (χ4v) is 4.39. The maximum absolute atomic E-state index is 12.2. The van der Waals surface area contributed by atoms with Gasteiger partial charge in [-0.15, -0.1) is 0 Å². The highest BCUT2D eigenvalue weighted by atomic mass is 16.5. The summed E-state index contributed by atoms with van der Waals surface area (Å²) in [5.41, 5.74) is 5.82. The van der Waals surface area contributed by atoms with Gasteiger partial charge in [-0.05, 0) is 66.5 Å². The van der Waals surface area contributed by atoms with Gasteiger partial charge >= 0.3 is 6.09 Å². The Hall–Kier alpha value is -3.37.